The number of amides is 3. The number of carbonyl (C=O) groups is 2. The lowest BCUT2D eigenvalue weighted by Crippen LogP contribution is -2.56. The zero-order chi connectivity index (χ0) is 37.4. The number of halogens is 7. The molecule has 3 amide bonds. The average molecular weight is 741 g/mol. The number of hydrogen-bond acceptors (Lipinski definition) is 6. The largest absolute Gasteiger partial charge is 0.430 e. The minimum absolute atomic E-state index is 0.148. The van der Waals surface area contributed by atoms with Crippen molar-refractivity contribution >= 4 is 21.8 Å². The van der Waals surface area contributed by atoms with Crippen LogP contribution in [0, 0.1) is 17.1 Å². The molecule has 272 valence electrons. The van der Waals surface area contributed by atoms with Crippen LogP contribution in [0.25, 0.3) is 0 Å². The van der Waals surface area contributed by atoms with Gasteiger partial charge in [0, 0.05) is 51.8 Å². The molecule has 9 nitrogen and oxygen atoms in total. The van der Waals surface area contributed by atoms with E-state index in [-0.39, 0.29) is 66.6 Å². The Labute approximate surface area is 288 Å². The first-order valence-corrected chi connectivity index (χ1v) is 17.0. The molecule has 2 aliphatic heterocycles. The Balaban J connectivity index is 1.56. The summed E-state index contributed by atoms with van der Waals surface area (Å²) in [6.07, 6.45) is -12.4. The van der Waals surface area contributed by atoms with Crippen molar-refractivity contribution in [2.75, 3.05) is 39.3 Å². The van der Waals surface area contributed by atoms with Crippen LogP contribution in [0.1, 0.15) is 35.6 Å². The number of alkyl halides is 6. The Kier molecular flexibility index (Phi) is 10.2. The molecule has 3 aromatic rings. The first kappa shape index (κ1) is 37.6. The van der Waals surface area contributed by atoms with E-state index in [2.05, 4.69) is 0 Å². The van der Waals surface area contributed by atoms with E-state index in [1.54, 1.807) is 6.07 Å². The van der Waals surface area contributed by atoms with E-state index in [0.29, 0.717) is 12.1 Å². The first-order chi connectivity index (χ1) is 23.9. The molecule has 0 N–H and O–H groups in total. The van der Waals surface area contributed by atoms with Crippen molar-refractivity contribution in [1.82, 2.24) is 14.7 Å². The molecule has 1 unspecified atom stereocenters. The van der Waals surface area contributed by atoms with Gasteiger partial charge in [0.15, 0.2) is 9.84 Å². The molecule has 0 radical (unpaired) electrons. The summed E-state index contributed by atoms with van der Waals surface area (Å²) in [7, 11) is -4.58. The number of nitrogens with zero attached hydrogens (tertiary/aromatic N) is 4. The van der Waals surface area contributed by atoms with Gasteiger partial charge in [-0.05, 0) is 47.9 Å². The number of urea groups is 1. The smallest absolute Gasteiger partial charge is 0.349 e. The standard InChI is InChI=1S/C34H31F7N4O5S/c1-23(46)43-16-18-44(19-17-43)30(47)45-15-14-31(22-45,51(48,49)29-12-10-28(35)11-13-29)26-6-8-27(9-7-26)32(33(36,37)38,34(39,40)41)50-21-25-5-3-2-4-24(25)20-42/h2-13H,14-19,21-22H2,1H3. The van der Waals surface area contributed by atoms with E-state index in [9.17, 15) is 54.0 Å². The fraction of sp³-hybridized carbons (Fsp3) is 0.382. The summed E-state index contributed by atoms with van der Waals surface area (Å²) in [4.78, 5) is 29.1. The van der Waals surface area contributed by atoms with Crippen molar-refractivity contribution in [3.63, 3.8) is 0 Å². The predicted molar refractivity (Wildman–Crippen MR) is 167 cm³/mol. The molecule has 2 aliphatic rings. The van der Waals surface area contributed by atoms with Crippen molar-refractivity contribution in [2.24, 2.45) is 0 Å². The maximum absolute atomic E-state index is 14.6. The Morgan fingerprint density at radius 2 is 1.39 bits per heavy atom. The predicted octanol–water partition coefficient (Wildman–Crippen LogP) is 5.89. The Morgan fingerprint density at radius 1 is 0.824 bits per heavy atom. The number of benzene rings is 3. The van der Waals surface area contributed by atoms with Crippen molar-refractivity contribution in [1.29, 1.82) is 5.26 Å². The zero-order valence-electron chi connectivity index (χ0n) is 27.0. The molecule has 0 aliphatic carbocycles. The molecule has 51 heavy (non-hydrogen) atoms. The van der Waals surface area contributed by atoms with Crippen molar-refractivity contribution in [2.45, 2.75) is 47.5 Å². The summed E-state index contributed by atoms with van der Waals surface area (Å²) in [5.74, 6) is -0.943. The molecule has 0 aromatic heterocycles. The molecule has 2 fully saturated rings. The van der Waals surface area contributed by atoms with Gasteiger partial charge in [-0.1, -0.05) is 42.5 Å². The van der Waals surface area contributed by atoms with Crippen LogP contribution in [-0.4, -0.2) is 86.7 Å². The van der Waals surface area contributed by atoms with E-state index in [1.807, 2.05) is 0 Å². The highest BCUT2D eigenvalue weighted by Gasteiger charge is 2.73. The van der Waals surface area contributed by atoms with Crippen LogP contribution in [-0.2, 0) is 36.3 Å². The number of likely N-dealkylation sites (tertiary alicyclic amines) is 1. The number of hydrogen-bond donors (Lipinski definition) is 0. The van der Waals surface area contributed by atoms with Crippen LogP contribution in [0.15, 0.2) is 77.7 Å². The Morgan fingerprint density at radius 3 is 1.94 bits per heavy atom. The van der Waals surface area contributed by atoms with Gasteiger partial charge in [0.2, 0.25) is 5.91 Å². The number of ether oxygens (including phenoxy) is 1. The fourth-order valence-electron chi connectivity index (χ4n) is 6.49. The molecule has 3 aromatic carbocycles. The van der Waals surface area contributed by atoms with Crippen molar-refractivity contribution < 1.29 is 53.5 Å². The van der Waals surface area contributed by atoms with Gasteiger partial charge in [-0.25, -0.2) is 17.6 Å². The molecular weight excluding hydrogens is 709 g/mol. The molecule has 1 atom stereocenters. The topological polar surface area (TPSA) is 111 Å². The molecule has 5 rings (SSSR count). The molecular formula is C34H31F7N4O5S. The Bertz CT molecular complexity index is 1910. The maximum atomic E-state index is 14.6. The van der Waals surface area contributed by atoms with Gasteiger partial charge in [-0.2, -0.15) is 31.6 Å². The molecule has 2 saturated heterocycles. The maximum Gasteiger partial charge on any atom is 0.430 e. The average Bonchev–Trinajstić information content (AvgIpc) is 3.55. The lowest BCUT2D eigenvalue weighted by molar-refractivity contribution is -0.392. The van der Waals surface area contributed by atoms with E-state index >= 15 is 0 Å². The van der Waals surface area contributed by atoms with Crippen LogP contribution >= 0.6 is 0 Å². The van der Waals surface area contributed by atoms with Gasteiger partial charge in [0.1, 0.15) is 10.6 Å². The van der Waals surface area contributed by atoms with Gasteiger partial charge in [-0.15, -0.1) is 0 Å². The van der Waals surface area contributed by atoms with E-state index < -0.39 is 63.1 Å². The van der Waals surface area contributed by atoms with Gasteiger partial charge < -0.3 is 19.4 Å². The van der Waals surface area contributed by atoms with Crippen molar-refractivity contribution in [3.05, 3.63) is 101 Å². The van der Waals surface area contributed by atoms with Crippen LogP contribution in [0.2, 0.25) is 0 Å². The van der Waals surface area contributed by atoms with E-state index in [4.69, 9.17) is 4.74 Å². The third-order valence-corrected chi connectivity index (χ3v) is 11.8. The van der Waals surface area contributed by atoms with Crippen LogP contribution in [0.3, 0.4) is 0 Å². The van der Waals surface area contributed by atoms with Gasteiger partial charge >= 0.3 is 18.4 Å². The summed E-state index contributed by atoms with van der Waals surface area (Å²) in [5.41, 5.74) is -6.91. The number of nitriles is 1. The second kappa shape index (κ2) is 13.8. The van der Waals surface area contributed by atoms with Gasteiger partial charge in [0.05, 0.1) is 23.1 Å². The SMILES string of the molecule is CC(=O)N1CCN(C(=O)N2CCC(c3ccc(C(OCc4ccccc4C#N)(C(F)(F)F)C(F)(F)F)cc3)(S(=O)(=O)c3ccc(F)cc3)C2)CC1. The number of sulfone groups is 1. The minimum atomic E-state index is -6.07. The van der Waals surface area contributed by atoms with Gasteiger partial charge in [-0.3, -0.25) is 4.79 Å². The summed E-state index contributed by atoms with van der Waals surface area (Å²) in [6.45, 7) is 0.234. The Hall–Kier alpha value is -4.69. The lowest BCUT2D eigenvalue weighted by Gasteiger charge is -2.38. The third-order valence-electron chi connectivity index (χ3n) is 9.33. The zero-order valence-corrected chi connectivity index (χ0v) is 27.8. The summed E-state index contributed by atoms with van der Waals surface area (Å²) < 4.78 is 133. The van der Waals surface area contributed by atoms with Gasteiger partial charge in [0.25, 0.3) is 5.60 Å². The molecule has 17 heteroatoms. The minimum Gasteiger partial charge on any atom is -0.349 e. The summed E-state index contributed by atoms with van der Waals surface area (Å²) >= 11 is 0. The first-order valence-electron chi connectivity index (χ1n) is 15.5. The highest BCUT2D eigenvalue weighted by Crippen LogP contribution is 2.54. The second-order valence-electron chi connectivity index (χ2n) is 12.2. The van der Waals surface area contributed by atoms with E-state index in [0.717, 1.165) is 42.5 Å². The van der Waals surface area contributed by atoms with Crippen LogP contribution in [0.5, 0.6) is 0 Å². The molecule has 0 spiro atoms. The highest BCUT2D eigenvalue weighted by molar-refractivity contribution is 7.92. The van der Waals surface area contributed by atoms with Crippen molar-refractivity contribution in [3.8, 4) is 6.07 Å². The quantitative estimate of drug-likeness (QED) is 0.221. The highest BCUT2D eigenvalue weighted by atomic mass is 32.2. The third kappa shape index (κ3) is 6.74. The summed E-state index contributed by atoms with van der Waals surface area (Å²) in [6, 6.07) is 12.6. The molecule has 2 heterocycles. The van der Waals surface area contributed by atoms with Crippen LogP contribution in [0.4, 0.5) is 35.5 Å². The number of rotatable bonds is 7. The normalized spacial score (nSPS) is 18.8. The van der Waals surface area contributed by atoms with E-state index in [1.165, 1.54) is 39.8 Å². The lowest BCUT2D eigenvalue weighted by atomic mass is 9.88. The second-order valence-corrected chi connectivity index (χ2v) is 14.5. The molecule has 0 saturated carbocycles. The molecule has 0 bridgehead atoms. The summed E-state index contributed by atoms with van der Waals surface area (Å²) in [5, 5.41) is 9.30. The fourth-order valence-corrected chi connectivity index (χ4v) is 8.57. The van der Waals surface area contributed by atoms with Crippen LogP contribution < -0.4 is 0 Å². The number of carbonyl (C=O) groups excluding carboxylic acids is 2. The number of piperazine rings is 1. The monoisotopic (exact) mass is 740 g/mol.